The maximum Gasteiger partial charge on any atom is 0.255 e. The van der Waals surface area contributed by atoms with Gasteiger partial charge in [-0.05, 0) is 50.3 Å². The molecule has 0 aromatic heterocycles. The number of hydrogen-bond donors (Lipinski definition) is 1. The molecule has 1 aromatic carbocycles. The van der Waals surface area contributed by atoms with Crippen molar-refractivity contribution >= 4 is 21.6 Å². The van der Waals surface area contributed by atoms with Crippen LogP contribution in [-0.2, 0) is 10.0 Å². The molecule has 0 fully saturated rings. The number of amides is 1. The predicted molar refractivity (Wildman–Crippen MR) is 99.7 cm³/mol. The number of anilines is 1. The van der Waals surface area contributed by atoms with E-state index in [4.69, 9.17) is 4.74 Å². The molecule has 0 bridgehead atoms. The summed E-state index contributed by atoms with van der Waals surface area (Å²) >= 11 is 0. The Morgan fingerprint density at radius 3 is 2.68 bits per heavy atom. The van der Waals surface area contributed by atoms with Gasteiger partial charge in [0.2, 0.25) is 10.0 Å². The van der Waals surface area contributed by atoms with Gasteiger partial charge in [0.1, 0.15) is 5.75 Å². The van der Waals surface area contributed by atoms with Crippen LogP contribution in [0.15, 0.2) is 29.8 Å². The first kappa shape index (κ1) is 19.3. The van der Waals surface area contributed by atoms with Crippen LogP contribution in [0, 0.1) is 0 Å². The molecule has 0 spiro atoms. The molecular weight excluding hydrogens is 340 g/mol. The fourth-order valence-electron chi connectivity index (χ4n) is 2.82. The summed E-state index contributed by atoms with van der Waals surface area (Å²) in [5, 5.41) is 2.90. The molecule has 0 heterocycles. The lowest BCUT2D eigenvalue weighted by Gasteiger charge is -2.19. The summed E-state index contributed by atoms with van der Waals surface area (Å²) < 4.78 is 29.8. The van der Waals surface area contributed by atoms with Crippen molar-refractivity contribution in [3.63, 3.8) is 0 Å². The minimum absolute atomic E-state index is 0.267. The van der Waals surface area contributed by atoms with E-state index >= 15 is 0 Å². The number of nitrogens with zero attached hydrogens (tertiary/aromatic N) is 1. The monoisotopic (exact) mass is 366 g/mol. The second-order valence-corrected chi connectivity index (χ2v) is 8.24. The molecule has 1 aliphatic carbocycles. The van der Waals surface area contributed by atoms with Crippen molar-refractivity contribution < 1.29 is 17.9 Å². The van der Waals surface area contributed by atoms with Crippen molar-refractivity contribution in [2.24, 2.45) is 0 Å². The van der Waals surface area contributed by atoms with E-state index in [1.165, 1.54) is 38.6 Å². The van der Waals surface area contributed by atoms with Crippen molar-refractivity contribution in [1.82, 2.24) is 5.32 Å². The molecule has 6 nitrogen and oxygen atoms in total. The van der Waals surface area contributed by atoms with Crippen molar-refractivity contribution in [2.75, 3.05) is 31.3 Å². The SMILES string of the molecule is COc1ccc(N(C)S(C)(=O)=O)cc1C(=O)NCCC1=CCCCC1. The van der Waals surface area contributed by atoms with E-state index in [2.05, 4.69) is 11.4 Å². The first-order valence-electron chi connectivity index (χ1n) is 8.41. The minimum Gasteiger partial charge on any atom is -0.496 e. The normalized spacial score (nSPS) is 14.6. The van der Waals surface area contributed by atoms with Crippen molar-refractivity contribution in [3.05, 3.63) is 35.4 Å². The first-order chi connectivity index (χ1) is 11.8. The molecule has 1 aromatic rings. The molecule has 0 saturated heterocycles. The fraction of sp³-hybridized carbons (Fsp3) is 0.500. The maximum atomic E-state index is 12.5. The van der Waals surface area contributed by atoms with Gasteiger partial charge in [0.15, 0.2) is 0 Å². The molecular formula is C18H26N2O4S. The highest BCUT2D eigenvalue weighted by molar-refractivity contribution is 7.92. The molecule has 7 heteroatoms. The lowest BCUT2D eigenvalue weighted by Crippen LogP contribution is -2.27. The predicted octanol–water partition coefficient (Wildman–Crippen LogP) is 2.71. The van der Waals surface area contributed by atoms with Gasteiger partial charge in [-0.2, -0.15) is 0 Å². The van der Waals surface area contributed by atoms with Gasteiger partial charge < -0.3 is 10.1 Å². The van der Waals surface area contributed by atoms with Crippen molar-refractivity contribution in [1.29, 1.82) is 0 Å². The van der Waals surface area contributed by atoms with E-state index in [1.807, 2.05) is 0 Å². The Balaban J connectivity index is 2.10. The quantitative estimate of drug-likeness (QED) is 0.753. The summed E-state index contributed by atoms with van der Waals surface area (Å²) in [4.78, 5) is 12.5. The van der Waals surface area contributed by atoms with E-state index in [-0.39, 0.29) is 5.91 Å². The highest BCUT2D eigenvalue weighted by Crippen LogP contribution is 2.26. The number of ether oxygens (including phenoxy) is 1. The Labute approximate surface area is 149 Å². The lowest BCUT2D eigenvalue weighted by atomic mass is 9.97. The topological polar surface area (TPSA) is 75.7 Å². The number of sulfonamides is 1. The standard InChI is InChI=1S/C18H26N2O4S/c1-20(25(3,22)23)15-9-10-17(24-2)16(13-15)18(21)19-12-11-14-7-5-4-6-8-14/h7,9-10,13H,4-6,8,11-12H2,1-3H3,(H,19,21). The van der Waals surface area contributed by atoms with Gasteiger partial charge in [-0.25, -0.2) is 8.42 Å². The van der Waals surface area contributed by atoms with Crippen LogP contribution in [0.3, 0.4) is 0 Å². The molecule has 25 heavy (non-hydrogen) atoms. The lowest BCUT2D eigenvalue weighted by molar-refractivity contribution is 0.0951. The van der Waals surface area contributed by atoms with Crippen LogP contribution in [-0.4, -0.2) is 41.3 Å². The summed E-state index contributed by atoms with van der Waals surface area (Å²) in [6.45, 7) is 0.556. The van der Waals surface area contributed by atoms with Crippen LogP contribution in [0.4, 0.5) is 5.69 Å². The Morgan fingerprint density at radius 1 is 1.32 bits per heavy atom. The Morgan fingerprint density at radius 2 is 2.08 bits per heavy atom. The summed E-state index contributed by atoms with van der Waals surface area (Å²) in [6, 6.07) is 4.76. The average molecular weight is 366 g/mol. The smallest absolute Gasteiger partial charge is 0.255 e. The molecule has 0 atom stereocenters. The fourth-order valence-corrected chi connectivity index (χ4v) is 3.32. The van der Waals surface area contributed by atoms with Crippen LogP contribution < -0.4 is 14.4 Å². The molecule has 0 aliphatic heterocycles. The van der Waals surface area contributed by atoms with E-state index in [0.29, 0.717) is 23.5 Å². The van der Waals surface area contributed by atoms with Crippen LogP contribution >= 0.6 is 0 Å². The number of carbonyl (C=O) groups excluding carboxylic acids is 1. The number of rotatable bonds is 7. The summed E-state index contributed by atoms with van der Waals surface area (Å²) in [5.41, 5.74) is 2.14. The van der Waals surface area contributed by atoms with E-state index in [1.54, 1.807) is 12.1 Å². The minimum atomic E-state index is -3.40. The summed E-state index contributed by atoms with van der Waals surface area (Å²) in [5.74, 6) is 0.150. The molecule has 2 rings (SSSR count). The zero-order chi connectivity index (χ0) is 18.4. The highest BCUT2D eigenvalue weighted by atomic mass is 32.2. The highest BCUT2D eigenvalue weighted by Gasteiger charge is 2.18. The summed E-state index contributed by atoms with van der Waals surface area (Å²) in [6.07, 6.45) is 8.91. The van der Waals surface area contributed by atoms with Crippen molar-refractivity contribution in [3.8, 4) is 5.75 Å². The third kappa shape index (κ3) is 5.22. The number of benzene rings is 1. The zero-order valence-corrected chi connectivity index (χ0v) is 15.9. The molecule has 1 amide bonds. The van der Waals surface area contributed by atoms with Crippen LogP contribution in [0.1, 0.15) is 42.5 Å². The second-order valence-electron chi connectivity index (χ2n) is 6.23. The molecule has 1 aliphatic rings. The summed E-state index contributed by atoms with van der Waals surface area (Å²) in [7, 11) is -0.458. The average Bonchev–Trinajstić information content (AvgIpc) is 2.60. The second kappa shape index (κ2) is 8.38. The Kier molecular flexibility index (Phi) is 6.47. The molecule has 0 unspecified atom stereocenters. The van der Waals surface area contributed by atoms with Crippen LogP contribution in [0.25, 0.3) is 0 Å². The van der Waals surface area contributed by atoms with Gasteiger partial charge in [0.05, 0.1) is 24.6 Å². The maximum absolute atomic E-state index is 12.5. The van der Waals surface area contributed by atoms with Gasteiger partial charge in [0, 0.05) is 13.6 Å². The number of hydrogen-bond acceptors (Lipinski definition) is 4. The van der Waals surface area contributed by atoms with Gasteiger partial charge >= 0.3 is 0 Å². The number of allylic oxidation sites excluding steroid dienone is 1. The number of carbonyl (C=O) groups is 1. The third-order valence-corrected chi connectivity index (χ3v) is 5.61. The van der Waals surface area contributed by atoms with Gasteiger partial charge in [-0.15, -0.1) is 0 Å². The van der Waals surface area contributed by atoms with Gasteiger partial charge in [-0.1, -0.05) is 11.6 Å². The first-order valence-corrected chi connectivity index (χ1v) is 10.3. The Bertz CT molecular complexity index is 756. The van der Waals surface area contributed by atoms with E-state index in [0.717, 1.165) is 29.8 Å². The molecule has 138 valence electrons. The third-order valence-electron chi connectivity index (χ3n) is 4.41. The van der Waals surface area contributed by atoms with E-state index < -0.39 is 10.0 Å². The van der Waals surface area contributed by atoms with E-state index in [9.17, 15) is 13.2 Å². The van der Waals surface area contributed by atoms with Crippen LogP contribution in [0.5, 0.6) is 5.75 Å². The zero-order valence-electron chi connectivity index (χ0n) is 15.0. The van der Waals surface area contributed by atoms with Crippen LogP contribution in [0.2, 0.25) is 0 Å². The number of nitrogens with one attached hydrogen (secondary N) is 1. The largest absolute Gasteiger partial charge is 0.496 e. The van der Waals surface area contributed by atoms with Gasteiger partial charge in [0.25, 0.3) is 5.91 Å². The molecule has 1 N–H and O–H groups in total. The molecule has 0 radical (unpaired) electrons. The molecule has 0 saturated carbocycles. The Hall–Kier alpha value is -2.02. The van der Waals surface area contributed by atoms with Gasteiger partial charge in [-0.3, -0.25) is 9.10 Å². The van der Waals surface area contributed by atoms with Crippen molar-refractivity contribution in [2.45, 2.75) is 32.1 Å². The number of methoxy groups -OCH3 is 1.